The number of primary amides is 1. The number of non-ortho nitro benzene ring substituents is 1. The summed E-state index contributed by atoms with van der Waals surface area (Å²) in [7, 11) is 0. The van der Waals surface area contributed by atoms with E-state index in [9.17, 15) is 19.7 Å². The van der Waals surface area contributed by atoms with Gasteiger partial charge < -0.3 is 11.1 Å². The molecule has 118 valence electrons. The van der Waals surface area contributed by atoms with Gasteiger partial charge >= 0.3 is 0 Å². The molecular formula is C14H18N4O4. The number of rotatable bonds is 5. The summed E-state index contributed by atoms with van der Waals surface area (Å²) in [4.78, 5) is 35.1. The Bertz CT molecular complexity index is 582. The molecule has 0 radical (unpaired) electrons. The van der Waals surface area contributed by atoms with Gasteiger partial charge in [0.15, 0.2) is 0 Å². The lowest BCUT2D eigenvalue weighted by Gasteiger charge is -2.31. The summed E-state index contributed by atoms with van der Waals surface area (Å²) in [5, 5.41) is 13.6. The van der Waals surface area contributed by atoms with Crippen LogP contribution in [0.4, 0.5) is 5.69 Å². The molecule has 0 atom stereocenters. The van der Waals surface area contributed by atoms with Crippen molar-refractivity contribution in [1.29, 1.82) is 0 Å². The topological polar surface area (TPSA) is 119 Å². The highest BCUT2D eigenvalue weighted by Gasteiger charge is 2.22. The predicted octanol–water partition coefficient (Wildman–Crippen LogP) is 0.274. The molecule has 1 aliphatic heterocycles. The largest absolute Gasteiger partial charge is 0.369 e. The predicted molar refractivity (Wildman–Crippen MR) is 79.2 cm³/mol. The van der Waals surface area contributed by atoms with Gasteiger partial charge in [-0.15, -0.1) is 0 Å². The maximum Gasteiger partial charge on any atom is 0.270 e. The van der Waals surface area contributed by atoms with E-state index in [1.54, 1.807) is 6.07 Å². The molecule has 22 heavy (non-hydrogen) atoms. The van der Waals surface area contributed by atoms with Crippen molar-refractivity contribution in [3.63, 3.8) is 0 Å². The monoisotopic (exact) mass is 306 g/mol. The lowest BCUT2D eigenvalue weighted by atomic mass is 10.0. The Morgan fingerprint density at radius 2 is 2.05 bits per heavy atom. The zero-order valence-corrected chi connectivity index (χ0v) is 12.0. The van der Waals surface area contributed by atoms with Gasteiger partial charge in [-0.3, -0.25) is 24.6 Å². The lowest BCUT2D eigenvalue weighted by Crippen LogP contribution is -2.46. The molecule has 1 saturated heterocycles. The molecule has 8 nitrogen and oxygen atoms in total. The Morgan fingerprint density at radius 3 is 2.64 bits per heavy atom. The number of nitro benzene ring substituents is 1. The second-order valence-electron chi connectivity index (χ2n) is 5.30. The van der Waals surface area contributed by atoms with Gasteiger partial charge in [0.1, 0.15) is 0 Å². The fraction of sp³-hybridized carbons (Fsp3) is 0.429. The lowest BCUT2D eigenvalue weighted by molar-refractivity contribution is -0.384. The number of hydrogen-bond acceptors (Lipinski definition) is 5. The van der Waals surface area contributed by atoms with Crippen molar-refractivity contribution >= 4 is 17.5 Å². The Balaban J connectivity index is 1.89. The number of nitrogens with two attached hydrogens (primary N) is 1. The molecular weight excluding hydrogens is 288 g/mol. The molecule has 3 N–H and O–H groups in total. The van der Waals surface area contributed by atoms with Gasteiger partial charge in [-0.25, -0.2) is 0 Å². The van der Waals surface area contributed by atoms with Crippen LogP contribution in [-0.4, -0.2) is 47.3 Å². The molecule has 2 rings (SSSR count). The minimum Gasteiger partial charge on any atom is -0.369 e. The van der Waals surface area contributed by atoms with Gasteiger partial charge in [-0.05, 0) is 18.9 Å². The molecule has 1 aromatic carbocycles. The summed E-state index contributed by atoms with van der Waals surface area (Å²) in [5.41, 5.74) is 5.31. The van der Waals surface area contributed by atoms with Gasteiger partial charge in [-0.2, -0.15) is 0 Å². The number of nitro groups is 1. The Kier molecular flexibility index (Phi) is 5.05. The van der Waals surface area contributed by atoms with E-state index in [0.717, 1.165) is 0 Å². The molecule has 1 aromatic rings. The zero-order valence-electron chi connectivity index (χ0n) is 12.0. The van der Waals surface area contributed by atoms with Crippen LogP contribution in [0.5, 0.6) is 0 Å². The third-order valence-corrected chi connectivity index (χ3v) is 3.62. The van der Waals surface area contributed by atoms with Gasteiger partial charge in [0.05, 0.1) is 11.5 Å². The summed E-state index contributed by atoms with van der Waals surface area (Å²) < 4.78 is 0. The first kappa shape index (κ1) is 15.9. The standard InChI is InChI=1S/C14H18N4O4/c15-13(19)9-17-6-4-11(5-7-17)16-14(20)10-2-1-3-12(8-10)18(21)22/h1-3,8,11H,4-7,9H2,(H2,15,19)(H,16,20). The van der Waals surface area contributed by atoms with Crippen molar-refractivity contribution in [2.45, 2.75) is 18.9 Å². The Labute approximate surface area is 127 Å². The Hall–Kier alpha value is -2.48. The van der Waals surface area contributed by atoms with Gasteiger partial charge in [0.2, 0.25) is 5.91 Å². The maximum atomic E-state index is 12.1. The first-order chi connectivity index (χ1) is 10.5. The van der Waals surface area contributed by atoms with Crippen LogP contribution in [0.15, 0.2) is 24.3 Å². The average molecular weight is 306 g/mol. The summed E-state index contributed by atoms with van der Waals surface area (Å²) in [6, 6.07) is 5.64. The molecule has 1 aliphatic rings. The van der Waals surface area contributed by atoms with Gasteiger partial charge in [-0.1, -0.05) is 6.07 Å². The number of amides is 2. The molecule has 0 spiro atoms. The highest BCUT2D eigenvalue weighted by molar-refractivity contribution is 5.95. The van der Waals surface area contributed by atoms with Gasteiger partial charge in [0, 0.05) is 36.8 Å². The van der Waals surface area contributed by atoms with E-state index in [0.29, 0.717) is 25.9 Å². The van der Waals surface area contributed by atoms with Crippen molar-refractivity contribution in [2.24, 2.45) is 5.73 Å². The molecule has 0 saturated carbocycles. The molecule has 0 aliphatic carbocycles. The third kappa shape index (κ3) is 4.26. The summed E-state index contributed by atoms with van der Waals surface area (Å²) in [5.74, 6) is -0.684. The van der Waals surface area contributed by atoms with E-state index in [-0.39, 0.29) is 35.7 Å². The number of carbonyl (C=O) groups excluding carboxylic acids is 2. The molecule has 1 fully saturated rings. The molecule has 0 aromatic heterocycles. The number of benzene rings is 1. The number of likely N-dealkylation sites (tertiary alicyclic amines) is 1. The minimum atomic E-state index is -0.529. The average Bonchev–Trinajstić information content (AvgIpc) is 2.49. The normalized spacial score (nSPS) is 16.2. The van der Waals surface area contributed by atoms with Crippen molar-refractivity contribution in [3.05, 3.63) is 39.9 Å². The number of nitrogens with zero attached hydrogens (tertiary/aromatic N) is 2. The maximum absolute atomic E-state index is 12.1. The third-order valence-electron chi connectivity index (χ3n) is 3.62. The van der Waals surface area contributed by atoms with E-state index in [1.165, 1.54) is 18.2 Å². The quantitative estimate of drug-likeness (QED) is 0.598. The van der Waals surface area contributed by atoms with Crippen LogP contribution in [-0.2, 0) is 4.79 Å². The first-order valence-corrected chi connectivity index (χ1v) is 7.01. The van der Waals surface area contributed by atoms with E-state index in [2.05, 4.69) is 5.32 Å². The fourth-order valence-corrected chi connectivity index (χ4v) is 2.49. The van der Waals surface area contributed by atoms with Crippen LogP contribution in [0.2, 0.25) is 0 Å². The summed E-state index contributed by atoms with van der Waals surface area (Å²) in [6.45, 7) is 1.59. The SMILES string of the molecule is NC(=O)CN1CCC(NC(=O)c2cccc([N+](=O)[O-])c2)CC1. The van der Waals surface area contributed by atoms with Crippen molar-refractivity contribution in [2.75, 3.05) is 19.6 Å². The molecule has 0 unspecified atom stereocenters. The highest BCUT2D eigenvalue weighted by Crippen LogP contribution is 2.15. The second-order valence-corrected chi connectivity index (χ2v) is 5.30. The van der Waals surface area contributed by atoms with E-state index in [1.807, 2.05) is 4.90 Å². The molecule has 2 amide bonds. The van der Waals surface area contributed by atoms with Crippen LogP contribution in [0, 0.1) is 10.1 Å². The van der Waals surface area contributed by atoms with Crippen molar-refractivity contribution < 1.29 is 14.5 Å². The Morgan fingerprint density at radius 1 is 1.36 bits per heavy atom. The number of hydrogen-bond donors (Lipinski definition) is 2. The summed E-state index contributed by atoms with van der Waals surface area (Å²) in [6.07, 6.45) is 1.43. The van der Waals surface area contributed by atoms with Crippen molar-refractivity contribution in [3.8, 4) is 0 Å². The van der Waals surface area contributed by atoms with Crippen LogP contribution in [0.3, 0.4) is 0 Å². The highest BCUT2D eigenvalue weighted by atomic mass is 16.6. The van der Waals surface area contributed by atoms with Crippen LogP contribution < -0.4 is 11.1 Å². The molecule has 0 bridgehead atoms. The second kappa shape index (κ2) is 6.99. The van der Waals surface area contributed by atoms with Crippen LogP contribution >= 0.6 is 0 Å². The zero-order chi connectivity index (χ0) is 16.1. The van der Waals surface area contributed by atoms with Crippen molar-refractivity contribution in [1.82, 2.24) is 10.2 Å². The smallest absolute Gasteiger partial charge is 0.270 e. The van der Waals surface area contributed by atoms with Crippen LogP contribution in [0.25, 0.3) is 0 Å². The van der Waals surface area contributed by atoms with E-state index >= 15 is 0 Å². The van der Waals surface area contributed by atoms with Gasteiger partial charge in [0.25, 0.3) is 11.6 Å². The summed E-state index contributed by atoms with van der Waals surface area (Å²) >= 11 is 0. The first-order valence-electron chi connectivity index (χ1n) is 7.01. The number of carbonyl (C=O) groups is 2. The van der Waals surface area contributed by atoms with E-state index in [4.69, 9.17) is 5.73 Å². The molecule has 8 heteroatoms. The fourth-order valence-electron chi connectivity index (χ4n) is 2.49. The van der Waals surface area contributed by atoms with E-state index < -0.39 is 4.92 Å². The molecule has 1 heterocycles. The number of nitrogens with one attached hydrogen (secondary N) is 1. The van der Waals surface area contributed by atoms with Crippen LogP contribution in [0.1, 0.15) is 23.2 Å². The number of piperidine rings is 1. The minimum absolute atomic E-state index is 0.00381.